The fourth-order valence-corrected chi connectivity index (χ4v) is 0.789. The molecular weight excluding hydrogens is 185 g/mol. The average Bonchev–Trinajstić information content (AvgIpc) is 2.03. The van der Waals surface area contributed by atoms with Crippen molar-refractivity contribution in [3.63, 3.8) is 0 Å². The van der Waals surface area contributed by atoms with Crippen molar-refractivity contribution in [1.29, 1.82) is 0 Å². The second-order valence-electron chi connectivity index (χ2n) is 2.16. The van der Waals surface area contributed by atoms with E-state index in [4.69, 9.17) is 5.84 Å². The predicted octanol–water partition coefficient (Wildman–Crippen LogP) is 1.71. The molecule has 0 bridgehead atoms. The van der Waals surface area contributed by atoms with Crippen molar-refractivity contribution >= 4 is 5.69 Å². The van der Waals surface area contributed by atoms with Crippen molar-refractivity contribution < 1.29 is 17.9 Å². The largest absolute Gasteiger partial charge is 0.435 e. The van der Waals surface area contributed by atoms with Gasteiger partial charge in [0.25, 0.3) is 0 Å². The summed E-state index contributed by atoms with van der Waals surface area (Å²) in [5.74, 6) is 3.93. The van der Waals surface area contributed by atoms with Crippen LogP contribution in [0.5, 0.6) is 5.75 Å². The first kappa shape index (κ1) is 9.66. The van der Waals surface area contributed by atoms with Crippen LogP contribution in [0.1, 0.15) is 0 Å². The van der Waals surface area contributed by atoms with Crippen LogP contribution in [0.2, 0.25) is 0 Å². The van der Waals surface area contributed by atoms with Crippen molar-refractivity contribution in [1.82, 2.24) is 0 Å². The molecule has 0 aliphatic rings. The van der Waals surface area contributed by atoms with E-state index in [0.29, 0.717) is 0 Å². The Kier molecular flexibility index (Phi) is 2.97. The fraction of sp³-hybridized carbons (Fsp3) is 0.143. The van der Waals surface area contributed by atoms with Crippen molar-refractivity contribution in [3.8, 4) is 5.75 Å². The van der Waals surface area contributed by atoms with E-state index in [1.807, 2.05) is 0 Å². The highest BCUT2D eigenvalue weighted by molar-refractivity contribution is 5.46. The molecule has 1 rings (SSSR count). The third-order valence-corrected chi connectivity index (χ3v) is 1.32. The molecule has 0 amide bonds. The van der Waals surface area contributed by atoms with Crippen LogP contribution in [-0.2, 0) is 0 Å². The number of hydrogen-bond donors (Lipinski definition) is 2. The summed E-state index contributed by atoms with van der Waals surface area (Å²) in [4.78, 5) is 0. The quantitative estimate of drug-likeness (QED) is 0.566. The lowest BCUT2D eigenvalue weighted by molar-refractivity contribution is -0.0499. The van der Waals surface area contributed by atoms with E-state index in [2.05, 4.69) is 10.2 Å². The second kappa shape index (κ2) is 3.99. The Hall–Kier alpha value is -1.43. The molecule has 13 heavy (non-hydrogen) atoms. The zero-order valence-electron chi connectivity index (χ0n) is 6.43. The van der Waals surface area contributed by atoms with Crippen molar-refractivity contribution in [2.75, 3.05) is 5.43 Å². The van der Waals surface area contributed by atoms with E-state index in [9.17, 15) is 13.2 Å². The van der Waals surface area contributed by atoms with Gasteiger partial charge in [0, 0.05) is 6.07 Å². The van der Waals surface area contributed by atoms with Crippen LogP contribution in [0.4, 0.5) is 18.9 Å². The maximum atomic E-state index is 12.8. The summed E-state index contributed by atoms with van der Waals surface area (Å²) in [6.45, 7) is -2.96. The normalized spacial score (nSPS) is 10.2. The van der Waals surface area contributed by atoms with Crippen molar-refractivity contribution in [2.45, 2.75) is 6.61 Å². The predicted molar refractivity (Wildman–Crippen MR) is 40.8 cm³/mol. The standard InChI is InChI=1S/C7H7F3N2O/c8-5-3-4(13-7(9)10)1-2-6(5)12-11/h1-3,7,12H,11H2. The van der Waals surface area contributed by atoms with Gasteiger partial charge in [-0.2, -0.15) is 8.78 Å². The molecular formula is C7H7F3N2O. The first-order valence-corrected chi connectivity index (χ1v) is 3.34. The minimum absolute atomic E-state index is 0.0154. The Morgan fingerprint density at radius 2 is 2.08 bits per heavy atom. The molecule has 1 aromatic carbocycles. The molecule has 0 aliphatic carbocycles. The van der Waals surface area contributed by atoms with Gasteiger partial charge in [-0.1, -0.05) is 0 Å². The van der Waals surface area contributed by atoms with E-state index in [1.165, 1.54) is 12.1 Å². The smallest absolute Gasteiger partial charge is 0.387 e. The van der Waals surface area contributed by atoms with E-state index in [0.717, 1.165) is 6.07 Å². The maximum absolute atomic E-state index is 12.8. The van der Waals surface area contributed by atoms with Gasteiger partial charge in [0.1, 0.15) is 5.75 Å². The molecule has 0 aromatic heterocycles. The lowest BCUT2D eigenvalue weighted by Crippen LogP contribution is -2.09. The first-order valence-electron chi connectivity index (χ1n) is 3.34. The molecule has 0 heterocycles. The molecule has 0 radical (unpaired) electrons. The molecule has 0 fully saturated rings. The summed E-state index contributed by atoms with van der Waals surface area (Å²) in [7, 11) is 0. The van der Waals surface area contributed by atoms with Crippen LogP contribution in [0.3, 0.4) is 0 Å². The minimum atomic E-state index is -2.96. The monoisotopic (exact) mass is 192 g/mol. The van der Waals surface area contributed by atoms with Crippen molar-refractivity contribution in [3.05, 3.63) is 24.0 Å². The highest BCUT2D eigenvalue weighted by atomic mass is 19.3. The number of ether oxygens (including phenoxy) is 1. The highest BCUT2D eigenvalue weighted by Gasteiger charge is 2.07. The van der Waals surface area contributed by atoms with E-state index < -0.39 is 12.4 Å². The average molecular weight is 192 g/mol. The Balaban J connectivity index is 2.83. The van der Waals surface area contributed by atoms with Crippen LogP contribution in [0, 0.1) is 5.82 Å². The van der Waals surface area contributed by atoms with Gasteiger partial charge < -0.3 is 10.2 Å². The minimum Gasteiger partial charge on any atom is -0.435 e. The van der Waals surface area contributed by atoms with E-state index in [-0.39, 0.29) is 11.4 Å². The van der Waals surface area contributed by atoms with Gasteiger partial charge in [0.05, 0.1) is 5.69 Å². The molecule has 0 spiro atoms. The summed E-state index contributed by atoms with van der Waals surface area (Å²) >= 11 is 0. The lowest BCUT2D eigenvalue weighted by Gasteiger charge is -2.06. The van der Waals surface area contributed by atoms with E-state index in [1.54, 1.807) is 0 Å². The molecule has 0 unspecified atom stereocenters. The maximum Gasteiger partial charge on any atom is 0.387 e. The third-order valence-electron chi connectivity index (χ3n) is 1.32. The summed E-state index contributed by atoms with van der Waals surface area (Å²) in [5, 5.41) is 0. The molecule has 0 atom stereocenters. The van der Waals surface area contributed by atoms with E-state index >= 15 is 0 Å². The van der Waals surface area contributed by atoms with Crippen molar-refractivity contribution in [2.24, 2.45) is 5.84 Å². The summed E-state index contributed by atoms with van der Waals surface area (Å²) in [5.41, 5.74) is 2.07. The fourth-order valence-electron chi connectivity index (χ4n) is 0.789. The molecule has 6 heteroatoms. The number of nitrogen functional groups attached to an aromatic ring is 1. The van der Waals surface area contributed by atoms with Crippen LogP contribution >= 0.6 is 0 Å². The number of anilines is 1. The zero-order valence-corrected chi connectivity index (χ0v) is 6.43. The SMILES string of the molecule is NNc1ccc(OC(F)F)cc1F. The number of alkyl halides is 2. The first-order chi connectivity index (χ1) is 6.13. The number of nitrogens with one attached hydrogen (secondary N) is 1. The van der Waals surface area contributed by atoms with Gasteiger partial charge in [-0.25, -0.2) is 4.39 Å². The zero-order chi connectivity index (χ0) is 9.84. The molecule has 3 N–H and O–H groups in total. The Bertz CT molecular complexity index is 293. The van der Waals surface area contributed by atoms with Crippen LogP contribution in [-0.4, -0.2) is 6.61 Å². The van der Waals surface area contributed by atoms with Gasteiger partial charge in [0.2, 0.25) is 0 Å². The van der Waals surface area contributed by atoms with Crippen LogP contribution in [0.25, 0.3) is 0 Å². The Labute approximate surface area is 72.3 Å². The summed E-state index contributed by atoms with van der Waals surface area (Å²) < 4.78 is 40.1. The second-order valence-corrected chi connectivity index (χ2v) is 2.16. The van der Waals surface area contributed by atoms with Gasteiger partial charge in [0.15, 0.2) is 5.82 Å². The lowest BCUT2D eigenvalue weighted by atomic mass is 10.3. The number of nitrogens with two attached hydrogens (primary N) is 1. The molecule has 0 saturated heterocycles. The number of hydrazine groups is 1. The molecule has 3 nitrogen and oxygen atoms in total. The molecule has 0 aliphatic heterocycles. The number of rotatable bonds is 3. The van der Waals surface area contributed by atoms with Crippen LogP contribution < -0.4 is 16.0 Å². The van der Waals surface area contributed by atoms with Gasteiger partial charge >= 0.3 is 6.61 Å². The third kappa shape index (κ3) is 2.51. The number of benzene rings is 1. The molecule has 72 valence electrons. The van der Waals surface area contributed by atoms with Gasteiger partial charge in [-0.05, 0) is 12.1 Å². The van der Waals surface area contributed by atoms with Gasteiger partial charge in [-0.3, -0.25) is 5.84 Å². The molecule has 1 aromatic rings. The van der Waals surface area contributed by atoms with Gasteiger partial charge in [-0.15, -0.1) is 0 Å². The molecule has 0 saturated carbocycles. The highest BCUT2D eigenvalue weighted by Crippen LogP contribution is 2.20. The summed E-state index contributed by atoms with van der Waals surface area (Å²) in [6.07, 6.45) is 0. The Morgan fingerprint density at radius 3 is 2.54 bits per heavy atom. The summed E-state index contributed by atoms with van der Waals surface area (Å²) in [6, 6.07) is 3.21. The Morgan fingerprint density at radius 1 is 1.38 bits per heavy atom. The number of halogens is 3. The number of hydrogen-bond acceptors (Lipinski definition) is 3. The topological polar surface area (TPSA) is 47.3 Å². The van der Waals surface area contributed by atoms with Crippen LogP contribution in [0.15, 0.2) is 18.2 Å².